The van der Waals surface area contributed by atoms with Crippen molar-refractivity contribution in [2.75, 3.05) is 6.61 Å². The maximum absolute atomic E-state index is 11.7. The molecule has 0 saturated carbocycles. The van der Waals surface area contributed by atoms with Gasteiger partial charge in [-0.25, -0.2) is 5.48 Å². The topological polar surface area (TPSA) is 67.4 Å². The maximum Gasteiger partial charge on any atom is 0.274 e. The van der Waals surface area contributed by atoms with E-state index < -0.39 is 5.91 Å². The molecular weight excluding hydrogens is 324 g/mol. The van der Waals surface area contributed by atoms with E-state index in [0.29, 0.717) is 5.56 Å². The third kappa shape index (κ3) is 5.71. The second-order valence-corrected chi connectivity index (χ2v) is 5.93. The number of hydroxylamine groups is 1. The van der Waals surface area contributed by atoms with Gasteiger partial charge in [0.1, 0.15) is 0 Å². The summed E-state index contributed by atoms with van der Waals surface area (Å²) in [6.45, 7) is 5.61. The number of hydrogen-bond donors (Lipinski definition) is 2. The monoisotopic (exact) mass is 342 g/mol. The first kappa shape index (κ1) is 16.7. The number of halogens is 1. The predicted molar refractivity (Wildman–Crippen MR) is 80.1 cm³/mol. The molecule has 1 aromatic rings. The first-order valence-electron chi connectivity index (χ1n) is 6.33. The van der Waals surface area contributed by atoms with Gasteiger partial charge in [-0.2, -0.15) is 0 Å². The normalized spacial score (nSPS) is 11.0. The largest absolute Gasteiger partial charge is 0.349 e. The summed E-state index contributed by atoms with van der Waals surface area (Å²) in [6, 6.07) is 6.88. The molecule has 0 unspecified atom stereocenters. The molecule has 1 rings (SSSR count). The molecule has 2 N–H and O–H groups in total. The molecule has 20 heavy (non-hydrogen) atoms. The first-order valence-corrected chi connectivity index (χ1v) is 7.12. The van der Waals surface area contributed by atoms with Crippen molar-refractivity contribution in [3.8, 4) is 0 Å². The van der Waals surface area contributed by atoms with E-state index in [-0.39, 0.29) is 18.1 Å². The van der Waals surface area contributed by atoms with Crippen LogP contribution in [0.2, 0.25) is 0 Å². The summed E-state index contributed by atoms with van der Waals surface area (Å²) in [7, 11) is 0. The highest BCUT2D eigenvalue weighted by molar-refractivity contribution is 9.10. The molecule has 1 aromatic carbocycles. The molecule has 5 nitrogen and oxygen atoms in total. The third-order valence-corrected chi connectivity index (χ3v) is 3.31. The van der Waals surface area contributed by atoms with Gasteiger partial charge < -0.3 is 5.32 Å². The average molecular weight is 343 g/mol. The van der Waals surface area contributed by atoms with Crippen LogP contribution in [0.3, 0.4) is 0 Å². The Morgan fingerprint density at radius 1 is 1.35 bits per heavy atom. The number of benzene rings is 1. The molecule has 6 heteroatoms. The van der Waals surface area contributed by atoms with Gasteiger partial charge in [0, 0.05) is 15.6 Å². The average Bonchev–Trinajstić information content (AvgIpc) is 2.38. The lowest BCUT2D eigenvalue weighted by Crippen LogP contribution is -2.45. The van der Waals surface area contributed by atoms with Gasteiger partial charge in [-0.1, -0.05) is 28.9 Å². The highest BCUT2D eigenvalue weighted by atomic mass is 79.9. The molecule has 0 saturated heterocycles. The van der Waals surface area contributed by atoms with Gasteiger partial charge in [-0.3, -0.25) is 14.4 Å². The number of hydrogen-bond acceptors (Lipinski definition) is 3. The van der Waals surface area contributed by atoms with Gasteiger partial charge in [-0.05, 0) is 38.5 Å². The highest BCUT2D eigenvalue weighted by Gasteiger charge is 2.18. The van der Waals surface area contributed by atoms with Crippen LogP contribution < -0.4 is 10.8 Å². The fourth-order valence-corrected chi connectivity index (χ4v) is 1.76. The Balaban J connectivity index is 2.37. The summed E-state index contributed by atoms with van der Waals surface area (Å²) in [5.41, 5.74) is 2.41. The van der Waals surface area contributed by atoms with Crippen LogP contribution >= 0.6 is 15.9 Å². The van der Waals surface area contributed by atoms with Gasteiger partial charge in [0.2, 0.25) is 5.91 Å². The second kappa shape index (κ2) is 7.40. The molecular formula is C14H19BrN2O3. The van der Waals surface area contributed by atoms with Crippen molar-refractivity contribution in [2.24, 2.45) is 0 Å². The van der Waals surface area contributed by atoms with Crippen LogP contribution in [-0.2, 0) is 9.63 Å². The predicted octanol–water partition coefficient (Wildman–Crippen LogP) is 2.42. The molecule has 110 valence electrons. The summed E-state index contributed by atoms with van der Waals surface area (Å²) in [5, 5.41) is 2.81. The first-order chi connectivity index (χ1) is 9.34. The van der Waals surface area contributed by atoms with Gasteiger partial charge in [0.05, 0.1) is 0 Å². The van der Waals surface area contributed by atoms with E-state index in [1.807, 2.05) is 26.8 Å². The zero-order valence-corrected chi connectivity index (χ0v) is 13.4. The fourth-order valence-electron chi connectivity index (χ4n) is 1.36. The minimum absolute atomic E-state index is 0.219. The Kier molecular flexibility index (Phi) is 6.16. The summed E-state index contributed by atoms with van der Waals surface area (Å²) in [6.07, 6.45) is 0.809. The van der Waals surface area contributed by atoms with Gasteiger partial charge in [0.15, 0.2) is 6.61 Å². The molecule has 0 spiro atoms. The molecule has 0 aliphatic rings. The van der Waals surface area contributed by atoms with Crippen molar-refractivity contribution in [3.05, 3.63) is 34.3 Å². The summed E-state index contributed by atoms with van der Waals surface area (Å²) in [4.78, 5) is 28.2. The molecule has 0 aliphatic carbocycles. The highest BCUT2D eigenvalue weighted by Crippen LogP contribution is 2.11. The molecule has 0 fully saturated rings. The zero-order chi connectivity index (χ0) is 15.2. The molecule has 0 aromatic heterocycles. The van der Waals surface area contributed by atoms with Crippen molar-refractivity contribution in [1.29, 1.82) is 0 Å². The van der Waals surface area contributed by atoms with E-state index in [9.17, 15) is 9.59 Å². The van der Waals surface area contributed by atoms with Crippen LogP contribution in [0.5, 0.6) is 0 Å². The lowest BCUT2D eigenvalue weighted by Gasteiger charge is -2.24. The second-order valence-electron chi connectivity index (χ2n) is 5.02. The Morgan fingerprint density at radius 3 is 2.65 bits per heavy atom. The van der Waals surface area contributed by atoms with Crippen LogP contribution in [0.1, 0.15) is 37.6 Å². The quantitative estimate of drug-likeness (QED) is 0.780. The van der Waals surface area contributed by atoms with Crippen molar-refractivity contribution < 1.29 is 14.4 Å². The van der Waals surface area contributed by atoms with Crippen LogP contribution in [0.15, 0.2) is 28.7 Å². The van der Waals surface area contributed by atoms with Gasteiger partial charge in [0.25, 0.3) is 5.91 Å². The van der Waals surface area contributed by atoms with E-state index in [1.165, 1.54) is 0 Å². The van der Waals surface area contributed by atoms with Crippen molar-refractivity contribution >= 4 is 27.7 Å². The summed E-state index contributed by atoms with van der Waals surface area (Å²) in [5.74, 6) is -0.666. The van der Waals surface area contributed by atoms with Gasteiger partial charge >= 0.3 is 0 Å². The summed E-state index contributed by atoms with van der Waals surface area (Å²) < 4.78 is 0.799. The van der Waals surface area contributed by atoms with E-state index >= 15 is 0 Å². The molecule has 2 amide bonds. The third-order valence-electron chi connectivity index (χ3n) is 2.82. The molecule has 0 bridgehead atoms. The minimum Gasteiger partial charge on any atom is -0.349 e. The summed E-state index contributed by atoms with van der Waals surface area (Å²) >= 11 is 3.28. The number of rotatable bonds is 6. The Hall–Kier alpha value is -1.40. The van der Waals surface area contributed by atoms with E-state index in [0.717, 1.165) is 10.9 Å². The van der Waals surface area contributed by atoms with E-state index in [1.54, 1.807) is 18.2 Å². The zero-order valence-electron chi connectivity index (χ0n) is 11.8. The van der Waals surface area contributed by atoms with Crippen LogP contribution in [-0.4, -0.2) is 24.0 Å². The Morgan fingerprint density at radius 2 is 2.05 bits per heavy atom. The SMILES string of the molecule is CCC(C)(C)NC(=O)CONC(=O)c1cccc(Br)c1. The number of amides is 2. The van der Waals surface area contributed by atoms with Crippen molar-refractivity contribution in [1.82, 2.24) is 10.8 Å². The van der Waals surface area contributed by atoms with Gasteiger partial charge in [-0.15, -0.1) is 0 Å². The molecule has 0 heterocycles. The minimum atomic E-state index is -0.395. The smallest absolute Gasteiger partial charge is 0.274 e. The lowest BCUT2D eigenvalue weighted by atomic mass is 10.0. The Bertz CT molecular complexity index is 489. The van der Waals surface area contributed by atoms with Crippen LogP contribution in [0, 0.1) is 0 Å². The lowest BCUT2D eigenvalue weighted by molar-refractivity contribution is -0.129. The maximum atomic E-state index is 11.7. The molecule has 0 atom stereocenters. The number of carbonyl (C=O) groups is 2. The van der Waals surface area contributed by atoms with Crippen molar-refractivity contribution in [3.63, 3.8) is 0 Å². The molecule has 0 radical (unpaired) electrons. The van der Waals surface area contributed by atoms with E-state index in [2.05, 4.69) is 26.7 Å². The fraction of sp³-hybridized carbons (Fsp3) is 0.429. The Labute approximate surface area is 127 Å². The van der Waals surface area contributed by atoms with Crippen LogP contribution in [0.25, 0.3) is 0 Å². The standard InChI is InChI=1S/C14H19BrN2O3/c1-4-14(2,3)16-12(18)9-20-17-13(19)10-6-5-7-11(15)8-10/h5-8H,4,9H2,1-3H3,(H,16,18)(H,17,19). The van der Waals surface area contributed by atoms with E-state index in [4.69, 9.17) is 4.84 Å². The van der Waals surface area contributed by atoms with Crippen LogP contribution in [0.4, 0.5) is 0 Å². The number of carbonyl (C=O) groups excluding carboxylic acids is 2. The number of nitrogens with one attached hydrogen (secondary N) is 2. The van der Waals surface area contributed by atoms with Crippen molar-refractivity contribution in [2.45, 2.75) is 32.7 Å². The molecule has 0 aliphatic heterocycles.